The third-order valence-electron chi connectivity index (χ3n) is 2.47. The summed E-state index contributed by atoms with van der Waals surface area (Å²) in [5, 5.41) is 0. The molecule has 0 saturated carbocycles. The molecule has 1 nitrogen and oxygen atoms in total. The lowest BCUT2D eigenvalue weighted by atomic mass is 10.1. The van der Waals surface area contributed by atoms with Gasteiger partial charge in [0.2, 0.25) is 0 Å². The van der Waals surface area contributed by atoms with Crippen molar-refractivity contribution in [3.63, 3.8) is 0 Å². The van der Waals surface area contributed by atoms with E-state index in [1.54, 1.807) is 0 Å². The van der Waals surface area contributed by atoms with Crippen LogP contribution in [0.4, 0.5) is 0 Å². The van der Waals surface area contributed by atoms with E-state index in [1.165, 1.54) is 5.56 Å². The fourth-order valence-corrected chi connectivity index (χ4v) is 1.61. The fourth-order valence-electron chi connectivity index (χ4n) is 1.61. The maximum absolute atomic E-state index is 5.77. The maximum atomic E-state index is 5.77. The first kappa shape index (κ1) is 11.5. The molecule has 0 radical (unpaired) electrons. The Bertz CT molecular complexity index is 486. The summed E-state index contributed by atoms with van der Waals surface area (Å²) in [4.78, 5) is 0. The molecule has 0 N–H and O–H groups in total. The lowest BCUT2D eigenvalue weighted by molar-refractivity contribution is 0.482. The van der Waals surface area contributed by atoms with Crippen LogP contribution in [0.3, 0.4) is 0 Å². The van der Waals surface area contributed by atoms with Crippen LogP contribution in [0.25, 0.3) is 0 Å². The summed E-state index contributed by atoms with van der Waals surface area (Å²) in [6.45, 7) is 2.03. The third kappa shape index (κ3) is 3.49. The molecule has 1 heteroatoms. The van der Waals surface area contributed by atoms with Gasteiger partial charge in [0.05, 0.1) is 0 Å². The standard InChI is InChI=1S/C16H16O/c1-2-3-8-14-9-7-12-16(13-14)17-15-10-5-4-6-11-15/h2-7,9-13H,8H2,1H3. The Morgan fingerprint density at radius 1 is 0.941 bits per heavy atom. The van der Waals surface area contributed by atoms with Gasteiger partial charge in [-0.15, -0.1) is 0 Å². The molecule has 0 unspecified atom stereocenters. The smallest absolute Gasteiger partial charge is 0.127 e. The molecule has 0 atom stereocenters. The molecule has 17 heavy (non-hydrogen) atoms. The highest BCUT2D eigenvalue weighted by molar-refractivity contribution is 5.34. The third-order valence-corrected chi connectivity index (χ3v) is 2.47. The Hall–Kier alpha value is -2.02. The number of benzene rings is 2. The monoisotopic (exact) mass is 224 g/mol. The summed E-state index contributed by atoms with van der Waals surface area (Å²) in [5.74, 6) is 1.76. The number of ether oxygens (including phenoxy) is 1. The topological polar surface area (TPSA) is 9.23 Å². The summed E-state index contributed by atoms with van der Waals surface area (Å²) in [6, 6.07) is 18.0. The van der Waals surface area contributed by atoms with Gasteiger partial charge in [0, 0.05) is 0 Å². The lowest BCUT2D eigenvalue weighted by Gasteiger charge is -2.06. The van der Waals surface area contributed by atoms with Crippen molar-refractivity contribution in [3.05, 3.63) is 72.3 Å². The first-order chi connectivity index (χ1) is 8.38. The van der Waals surface area contributed by atoms with Crippen molar-refractivity contribution in [2.75, 3.05) is 0 Å². The van der Waals surface area contributed by atoms with Crippen LogP contribution in [0.5, 0.6) is 11.5 Å². The Morgan fingerprint density at radius 3 is 2.47 bits per heavy atom. The van der Waals surface area contributed by atoms with Crippen molar-refractivity contribution >= 4 is 0 Å². The van der Waals surface area contributed by atoms with Gasteiger partial charge in [0.1, 0.15) is 11.5 Å². The zero-order valence-corrected chi connectivity index (χ0v) is 9.97. The van der Waals surface area contributed by atoms with Crippen LogP contribution >= 0.6 is 0 Å². The number of hydrogen-bond donors (Lipinski definition) is 0. The molecule has 0 bridgehead atoms. The first-order valence-corrected chi connectivity index (χ1v) is 5.81. The highest BCUT2D eigenvalue weighted by atomic mass is 16.5. The van der Waals surface area contributed by atoms with Crippen molar-refractivity contribution in [2.24, 2.45) is 0 Å². The lowest BCUT2D eigenvalue weighted by Crippen LogP contribution is -1.86. The molecule has 0 heterocycles. The van der Waals surface area contributed by atoms with E-state index in [9.17, 15) is 0 Å². The Balaban J connectivity index is 2.11. The average molecular weight is 224 g/mol. The second kappa shape index (κ2) is 5.90. The van der Waals surface area contributed by atoms with Crippen molar-refractivity contribution in [3.8, 4) is 11.5 Å². The molecule has 0 amide bonds. The molecule has 0 aliphatic carbocycles. The van der Waals surface area contributed by atoms with E-state index < -0.39 is 0 Å². The molecular weight excluding hydrogens is 208 g/mol. The minimum atomic E-state index is 0.871. The van der Waals surface area contributed by atoms with Gasteiger partial charge in [0.25, 0.3) is 0 Å². The minimum absolute atomic E-state index is 0.871. The van der Waals surface area contributed by atoms with Crippen LogP contribution in [0.1, 0.15) is 12.5 Å². The SMILES string of the molecule is CC=CCc1cccc(Oc2ccccc2)c1. The Morgan fingerprint density at radius 2 is 1.71 bits per heavy atom. The summed E-state index contributed by atoms with van der Waals surface area (Å²) in [6.07, 6.45) is 5.15. The van der Waals surface area contributed by atoms with E-state index in [0.29, 0.717) is 0 Å². The van der Waals surface area contributed by atoms with Gasteiger partial charge in [0.15, 0.2) is 0 Å². The van der Waals surface area contributed by atoms with Crippen molar-refractivity contribution < 1.29 is 4.74 Å². The highest BCUT2D eigenvalue weighted by Crippen LogP contribution is 2.21. The number of allylic oxidation sites excluding steroid dienone is 2. The number of hydrogen-bond acceptors (Lipinski definition) is 1. The van der Waals surface area contributed by atoms with Gasteiger partial charge in [-0.05, 0) is 43.2 Å². The predicted molar refractivity (Wildman–Crippen MR) is 71.5 cm³/mol. The van der Waals surface area contributed by atoms with Crippen LogP contribution in [-0.2, 0) is 6.42 Å². The molecule has 2 rings (SSSR count). The average Bonchev–Trinajstić information content (AvgIpc) is 2.38. The molecule has 0 fully saturated rings. The molecule has 2 aromatic rings. The van der Waals surface area contributed by atoms with Gasteiger partial charge in [-0.1, -0.05) is 42.5 Å². The second-order valence-corrected chi connectivity index (χ2v) is 3.84. The predicted octanol–water partition coefficient (Wildman–Crippen LogP) is 4.60. The molecule has 0 aliphatic heterocycles. The van der Waals surface area contributed by atoms with E-state index in [-0.39, 0.29) is 0 Å². The normalized spacial score (nSPS) is 10.6. The van der Waals surface area contributed by atoms with Gasteiger partial charge in [-0.25, -0.2) is 0 Å². The number of para-hydroxylation sites is 1. The fraction of sp³-hybridized carbons (Fsp3) is 0.125. The zero-order chi connectivity index (χ0) is 11.9. The van der Waals surface area contributed by atoms with E-state index >= 15 is 0 Å². The zero-order valence-electron chi connectivity index (χ0n) is 9.97. The molecule has 0 aliphatic rings. The van der Waals surface area contributed by atoms with Gasteiger partial charge >= 0.3 is 0 Å². The van der Waals surface area contributed by atoms with Crippen LogP contribution < -0.4 is 4.74 Å². The summed E-state index contributed by atoms with van der Waals surface area (Å²) < 4.78 is 5.77. The molecular formula is C16H16O. The van der Waals surface area contributed by atoms with E-state index in [1.807, 2.05) is 49.4 Å². The van der Waals surface area contributed by atoms with Crippen LogP contribution in [-0.4, -0.2) is 0 Å². The summed E-state index contributed by atoms with van der Waals surface area (Å²) in [5.41, 5.74) is 1.26. The van der Waals surface area contributed by atoms with E-state index in [0.717, 1.165) is 17.9 Å². The minimum Gasteiger partial charge on any atom is -0.457 e. The van der Waals surface area contributed by atoms with Crippen LogP contribution in [0.15, 0.2) is 66.7 Å². The van der Waals surface area contributed by atoms with Crippen LogP contribution in [0, 0.1) is 0 Å². The maximum Gasteiger partial charge on any atom is 0.127 e. The Kier molecular flexibility index (Phi) is 3.98. The molecule has 2 aromatic carbocycles. The molecule has 0 spiro atoms. The molecule has 86 valence electrons. The largest absolute Gasteiger partial charge is 0.457 e. The summed E-state index contributed by atoms with van der Waals surface area (Å²) >= 11 is 0. The van der Waals surface area contributed by atoms with Crippen molar-refractivity contribution in [1.82, 2.24) is 0 Å². The highest BCUT2D eigenvalue weighted by Gasteiger charge is 1.97. The molecule has 0 aromatic heterocycles. The number of rotatable bonds is 4. The second-order valence-electron chi connectivity index (χ2n) is 3.84. The quantitative estimate of drug-likeness (QED) is 0.690. The molecule has 0 saturated heterocycles. The van der Waals surface area contributed by atoms with Crippen molar-refractivity contribution in [1.29, 1.82) is 0 Å². The van der Waals surface area contributed by atoms with Crippen molar-refractivity contribution in [2.45, 2.75) is 13.3 Å². The van der Waals surface area contributed by atoms with E-state index in [2.05, 4.69) is 24.3 Å². The summed E-state index contributed by atoms with van der Waals surface area (Å²) in [7, 11) is 0. The first-order valence-electron chi connectivity index (χ1n) is 5.81. The van der Waals surface area contributed by atoms with E-state index in [4.69, 9.17) is 4.74 Å². The van der Waals surface area contributed by atoms with Crippen LogP contribution in [0.2, 0.25) is 0 Å². The van der Waals surface area contributed by atoms with Gasteiger partial charge < -0.3 is 4.74 Å². The van der Waals surface area contributed by atoms with Gasteiger partial charge in [-0.2, -0.15) is 0 Å². The Labute approximate surface area is 102 Å². The van der Waals surface area contributed by atoms with Gasteiger partial charge in [-0.3, -0.25) is 0 Å².